The second-order valence-corrected chi connectivity index (χ2v) is 5.90. The number of hydrogen-bond acceptors (Lipinski definition) is 2. The number of rotatable bonds is 3. The van der Waals surface area contributed by atoms with Gasteiger partial charge in [-0.05, 0) is 63.3 Å². The Labute approximate surface area is 111 Å². The van der Waals surface area contributed by atoms with Gasteiger partial charge >= 0.3 is 0 Å². The zero-order valence-corrected chi connectivity index (χ0v) is 12.3. The van der Waals surface area contributed by atoms with Gasteiger partial charge in [-0.25, -0.2) is 0 Å². The van der Waals surface area contributed by atoms with Crippen molar-refractivity contribution < 1.29 is 4.74 Å². The van der Waals surface area contributed by atoms with Gasteiger partial charge < -0.3 is 10.1 Å². The predicted molar refractivity (Wildman–Crippen MR) is 75.9 cm³/mol. The summed E-state index contributed by atoms with van der Waals surface area (Å²) in [5.74, 6) is 0. The first kappa shape index (κ1) is 13.6. The Bertz CT molecular complexity index is 441. The van der Waals surface area contributed by atoms with Crippen molar-refractivity contribution in [1.82, 2.24) is 5.32 Å². The number of ether oxygens (including phenoxy) is 1. The van der Waals surface area contributed by atoms with Crippen LogP contribution in [0, 0.1) is 20.8 Å². The molecule has 2 nitrogen and oxygen atoms in total. The van der Waals surface area contributed by atoms with E-state index in [0.29, 0.717) is 6.10 Å². The lowest BCUT2D eigenvalue weighted by atomic mass is 9.93. The highest BCUT2D eigenvalue weighted by molar-refractivity contribution is 5.36. The molecule has 0 aromatic heterocycles. The number of nitrogens with one attached hydrogen (secondary N) is 1. The van der Waals surface area contributed by atoms with E-state index >= 15 is 0 Å². The van der Waals surface area contributed by atoms with E-state index in [1.54, 1.807) is 0 Å². The molecule has 2 unspecified atom stereocenters. The van der Waals surface area contributed by atoms with E-state index in [2.05, 4.69) is 52.1 Å². The van der Waals surface area contributed by atoms with Gasteiger partial charge in [-0.1, -0.05) is 12.1 Å². The van der Waals surface area contributed by atoms with E-state index in [1.807, 2.05) is 0 Å². The van der Waals surface area contributed by atoms with Gasteiger partial charge in [-0.15, -0.1) is 0 Å². The molecule has 1 aromatic rings. The smallest absolute Gasteiger partial charge is 0.0726 e. The number of benzene rings is 1. The molecule has 2 heteroatoms. The molecule has 1 heterocycles. The maximum Gasteiger partial charge on any atom is 0.0726 e. The van der Waals surface area contributed by atoms with Crippen LogP contribution in [-0.4, -0.2) is 18.2 Å². The SMILES string of the molecule is Cc1cc(C)c(CNC2(C)CCOC2C)cc1C. The summed E-state index contributed by atoms with van der Waals surface area (Å²) in [5, 5.41) is 3.69. The van der Waals surface area contributed by atoms with E-state index in [4.69, 9.17) is 4.74 Å². The van der Waals surface area contributed by atoms with Crippen molar-refractivity contribution in [3.63, 3.8) is 0 Å². The van der Waals surface area contributed by atoms with Crippen molar-refractivity contribution in [1.29, 1.82) is 0 Å². The number of aryl methyl sites for hydroxylation is 3. The van der Waals surface area contributed by atoms with Crippen LogP contribution in [0.3, 0.4) is 0 Å². The summed E-state index contributed by atoms with van der Waals surface area (Å²) >= 11 is 0. The molecule has 0 aliphatic carbocycles. The summed E-state index contributed by atoms with van der Waals surface area (Å²) in [6.45, 7) is 12.8. The lowest BCUT2D eigenvalue weighted by molar-refractivity contribution is 0.0881. The molecule has 2 rings (SSSR count). The summed E-state index contributed by atoms with van der Waals surface area (Å²) in [4.78, 5) is 0. The van der Waals surface area contributed by atoms with Crippen LogP contribution in [-0.2, 0) is 11.3 Å². The van der Waals surface area contributed by atoms with E-state index < -0.39 is 0 Å². The van der Waals surface area contributed by atoms with Crippen LogP contribution in [0.4, 0.5) is 0 Å². The Morgan fingerprint density at radius 2 is 1.89 bits per heavy atom. The van der Waals surface area contributed by atoms with Gasteiger partial charge in [0.2, 0.25) is 0 Å². The van der Waals surface area contributed by atoms with Gasteiger partial charge in [0.15, 0.2) is 0 Å². The van der Waals surface area contributed by atoms with Gasteiger partial charge in [-0.2, -0.15) is 0 Å². The fraction of sp³-hybridized carbons (Fsp3) is 0.625. The highest BCUT2D eigenvalue weighted by atomic mass is 16.5. The van der Waals surface area contributed by atoms with Gasteiger partial charge in [0, 0.05) is 18.7 Å². The molecule has 0 bridgehead atoms. The molecule has 18 heavy (non-hydrogen) atoms. The molecule has 1 aliphatic rings. The average molecular weight is 247 g/mol. The maximum absolute atomic E-state index is 5.67. The third-order valence-corrected chi connectivity index (χ3v) is 4.52. The summed E-state index contributed by atoms with van der Waals surface area (Å²) in [6, 6.07) is 4.59. The topological polar surface area (TPSA) is 21.3 Å². The molecule has 0 amide bonds. The van der Waals surface area contributed by atoms with Crippen molar-refractivity contribution in [2.24, 2.45) is 0 Å². The Balaban J connectivity index is 2.09. The van der Waals surface area contributed by atoms with Crippen molar-refractivity contribution in [2.75, 3.05) is 6.61 Å². The summed E-state index contributed by atoms with van der Waals surface area (Å²) in [6.07, 6.45) is 1.39. The van der Waals surface area contributed by atoms with E-state index in [9.17, 15) is 0 Å². The van der Waals surface area contributed by atoms with Crippen LogP contribution in [0.1, 0.15) is 42.5 Å². The molecule has 0 saturated carbocycles. The quantitative estimate of drug-likeness (QED) is 0.885. The molecule has 0 radical (unpaired) electrons. The monoisotopic (exact) mass is 247 g/mol. The molecule has 0 spiro atoms. The van der Waals surface area contributed by atoms with Crippen molar-refractivity contribution in [3.8, 4) is 0 Å². The van der Waals surface area contributed by atoms with Crippen LogP contribution in [0.25, 0.3) is 0 Å². The minimum Gasteiger partial charge on any atom is -0.377 e. The predicted octanol–water partition coefficient (Wildman–Crippen LogP) is 3.27. The molecule has 1 N–H and O–H groups in total. The first-order chi connectivity index (χ1) is 8.42. The molecule has 100 valence electrons. The second kappa shape index (κ2) is 5.02. The lowest BCUT2D eigenvalue weighted by Gasteiger charge is -2.29. The first-order valence-corrected chi connectivity index (χ1v) is 6.86. The van der Waals surface area contributed by atoms with E-state index in [1.165, 1.54) is 22.3 Å². The maximum atomic E-state index is 5.67. The van der Waals surface area contributed by atoms with Crippen LogP contribution < -0.4 is 5.32 Å². The van der Waals surface area contributed by atoms with Gasteiger partial charge in [0.25, 0.3) is 0 Å². The first-order valence-electron chi connectivity index (χ1n) is 6.86. The lowest BCUT2D eigenvalue weighted by Crippen LogP contribution is -2.47. The Morgan fingerprint density at radius 3 is 2.50 bits per heavy atom. The molecule has 1 aliphatic heterocycles. The van der Waals surface area contributed by atoms with Crippen LogP contribution in [0.2, 0.25) is 0 Å². The highest BCUT2D eigenvalue weighted by Crippen LogP contribution is 2.26. The molecular weight excluding hydrogens is 222 g/mol. The van der Waals surface area contributed by atoms with Gasteiger partial charge in [0.1, 0.15) is 0 Å². The van der Waals surface area contributed by atoms with E-state index in [-0.39, 0.29) is 5.54 Å². The Kier molecular flexibility index (Phi) is 3.79. The molecule has 2 atom stereocenters. The second-order valence-electron chi connectivity index (χ2n) is 5.90. The van der Waals surface area contributed by atoms with Crippen molar-refractivity contribution in [2.45, 2.75) is 59.2 Å². The fourth-order valence-corrected chi connectivity index (χ4v) is 2.57. The summed E-state index contributed by atoms with van der Waals surface area (Å²) in [5.41, 5.74) is 5.64. The van der Waals surface area contributed by atoms with Crippen molar-refractivity contribution in [3.05, 3.63) is 34.4 Å². The average Bonchev–Trinajstić information content (AvgIpc) is 2.63. The standard InChI is InChI=1S/C16H25NO/c1-11-8-13(3)15(9-12(11)2)10-17-16(5)6-7-18-14(16)4/h8-9,14,17H,6-7,10H2,1-5H3. The minimum absolute atomic E-state index is 0.116. The van der Waals surface area contributed by atoms with Gasteiger partial charge in [0.05, 0.1) is 6.10 Å². The summed E-state index contributed by atoms with van der Waals surface area (Å²) in [7, 11) is 0. The zero-order valence-electron chi connectivity index (χ0n) is 12.3. The Morgan fingerprint density at radius 1 is 1.22 bits per heavy atom. The Hall–Kier alpha value is -0.860. The van der Waals surface area contributed by atoms with E-state index in [0.717, 1.165) is 19.6 Å². The third-order valence-electron chi connectivity index (χ3n) is 4.52. The van der Waals surface area contributed by atoms with Crippen molar-refractivity contribution >= 4 is 0 Å². The molecule has 1 fully saturated rings. The normalized spacial score (nSPS) is 27.7. The number of hydrogen-bond donors (Lipinski definition) is 1. The van der Waals surface area contributed by atoms with Crippen LogP contribution in [0.5, 0.6) is 0 Å². The zero-order chi connectivity index (χ0) is 13.3. The third kappa shape index (κ3) is 2.60. The van der Waals surface area contributed by atoms with Crippen LogP contribution in [0.15, 0.2) is 12.1 Å². The fourth-order valence-electron chi connectivity index (χ4n) is 2.57. The molecule has 1 aromatic carbocycles. The molecule has 1 saturated heterocycles. The van der Waals surface area contributed by atoms with Crippen LogP contribution >= 0.6 is 0 Å². The summed E-state index contributed by atoms with van der Waals surface area (Å²) < 4.78 is 5.67. The largest absolute Gasteiger partial charge is 0.377 e. The minimum atomic E-state index is 0.116. The highest BCUT2D eigenvalue weighted by Gasteiger charge is 2.36. The van der Waals surface area contributed by atoms with Gasteiger partial charge in [-0.3, -0.25) is 0 Å². The molecular formula is C16H25NO.